The molecule has 1 atom stereocenters. The molecule has 2 heterocycles. The number of aromatic nitrogens is 1. The first-order valence-electron chi connectivity index (χ1n) is 6.08. The molecule has 0 amide bonds. The molecule has 0 spiro atoms. The Hall–Kier alpha value is -0.930. The van der Waals surface area contributed by atoms with Crippen molar-refractivity contribution >= 4 is 0 Å². The van der Waals surface area contributed by atoms with E-state index in [1.165, 1.54) is 30.8 Å². The number of nitrogens with one attached hydrogen (secondary N) is 1. The number of pyridine rings is 1. The fourth-order valence-corrected chi connectivity index (χ4v) is 2.26. The van der Waals surface area contributed by atoms with E-state index in [0.717, 1.165) is 19.0 Å². The molecule has 0 aliphatic carbocycles. The second kappa shape index (κ2) is 5.41. The molecule has 1 unspecified atom stereocenters. The van der Waals surface area contributed by atoms with E-state index >= 15 is 0 Å². The molecular formula is C13H21N3. The molecule has 1 saturated heterocycles. The monoisotopic (exact) mass is 219 g/mol. The van der Waals surface area contributed by atoms with Gasteiger partial charge in [0.1, 0.15) is 0 Å². The SMILES string of the molecule is CNCc1ccc(CN2CCC(C)C2)nc1. The molecule has 0 bridgehead atoms. The van der Waals surface area contributed by atoms with Crippen LogP contribution in [-0.2, 0) is 13.1 Å². The maximum absolute atomic E-state index is 4.50. The van der Waals surface area contributed by atoms with Crippen molar-refractivity contribution in [1.82, 2.24) is 15.2 Å². The van der Waals surface area contributed by atoms with Gasteiger partial charge in [0.2, 0.25) is 0 Å². The maximum Gasteiger partial charge on any atom is 0.0544 e. The van der Waals surface area contributed by atoms with E-state index in [1.807, 2.05) is 13.2 Å². The quantitative estimate of drug-likeness (QED) is 0.834. The third-order valence-electron chi connectivity index (χ3n) is 3.16. The molecule has 0 radical (unpaired) electrons. The van der Waals surface area contributed by atoms with Gasteiger partial charge in [0, 0.05) is 25.8 Å². The zero-order valence-electron chi connectivity index (χ0n) is 10.2. The molecule has 1 aliphatic heterocycles. The molecule has 3 heteroatoms. The molecular weight excluding hydrogens is 198 g/mol. The molecule has 1 aliphatic rings. The van der Waals surface area contributed by atoms with Gasteiger partial charge in [-0.3, -0.25) is 9.88 Å². The molecule has 1 N–H and O–H groups in total. The van der Waals surface area contributed by atoms with Crippen LogP contribution in [0.2, 0.25) is 0 Å². The van der Waals surface area contributed by atoms with Crippen molar-refractivity contribution in [2.24, 2.45) is 5.92 Å². The standard InChI is InChI=1S/C13H21N3/c1-11-5-6-16(9-11)10-13-4-3-12(7-14-2)8-15-13/h3-4,8,11,14H,5-7,9-10H2,1-2H3. The number of likely N-dealkylation sites (tertiary alicyclic amines) is 1. The summed E-state index contributed by atoms with van der Waals surface area (Å²) in [5.74, 6) is 0.851. The van der Waals surface area contributed by atoms with Crippen LogP contribution in [0.25, 0.3) is 0 Å². The Morgan fingerprint density at radius 2 is 2.38 bits per heavy atom. The lowest BCUT2D eigenvalue weighted by molar-refractivity contribution is 0.316. The third kappa shape index (κ3) is 3.03. The first-order chi connectivity index (χ1) is 7.78. The second-order valence-electron chi connectivity index (χ2n) is 4.82. The smallest absolute Gasteiger partial charge is 0.0544 e. The van der Waals surface area contributed by atoms with E-state index in [-0.39, 0.29) is 0 Å². The average molecular weight is 219 g/mol. The van der Waals surface area contributed by atoms with E-state index in [0.29, 0.717) is 0 Å². The lowest BCUT2D eigenvalue weighted by Gasteiger charge is -2.14. The van der Waals surface area contributed by atoms with Gasteiger partial charge < -0.3 is 5.32 Å². The molecule has 1 fully saturated rings. The largest absolute Gasteiger partial charge is 0.316 e. The fraction of sp³-hybridized carbons (Fsp3) is 0.615. The van der Waals surface area contributed by atoms with E-state index in [1.54, 1.807) is 0 Å². The summed E-state index contributed by atoms with van der Waals surface area (Å²) in [6.45, 7) is 6.67. The predicted molar refractivity (Wildman–Crippen MR) is 66.1 cm³/mol. The number of hydrogen-bond donors (Lipinski definition) is 1. The van der Waals surface area contributed by atoms with Crippen LogP contribution in [0.1, 0.15) is 24.6 Å². The van der Waals surface area contributed by atoms with Gasteiger partial charge in [0.15, 0.2) is 0 Å². The van der Waals surface area contributed by atoms with Crippen LogP contribution in [0.3, 0.4) is 0 Å². The second-order valence-corrected chi connectivity index (χ2v) is 4.82. The molecule has 0 saturated carbocycles. The Kier molecular flexibility index (Phi) is 3.91. The lowest BCUT2D eigenvalue weighted by Crippen LogP contribution is -2.20. The highest BCUT2D eigenvalue weighted by atomic mass is 15.1. The van der Waals surface area contributed by atoms with Crippen LogP contribution in [0.5, 0.6) is 0 Å². The summed E-state index contributed by atoms with van der Waals surface area (Å²) in [7, 11) is 1.96. The highest BCUT2D eigenvalue weighted by Crippen LogP contribution is 2.17. The average Bonchev–Trinajstić information content (AvgIpc) is 2.67. The van der Waals surface area contributed by atoms with E-state index < -0.39 is 0 Å². The topological polar surface area (TPSA) is 28.2 Å². The highest BCUT2D eigenvalue weighted by molar-refractivity contribution is 5.14. The Balaban J connectivity index is 1.89. The zero-order chi connectivity index (χ0) is 11.4. The predicted octanol–water partition coefficient (Wildman–Crippen LogP) is 1.64. The molecule has 3 nitrogen and oxygen atoms in total. The highest BCUT2D eigenvalue weighted by Gasteiger charge is 2.18. The lowest BCUT2D eigenvalue weighted by atomic mass is 10.2. The summed E-state index contributed by atoms with van der Waals surface area (Å²) < 4.78 is 0. The number of rotatable bonds is 4. The van der Waals surface area contributed by atoms with E-state index in [4.69, 9.17) is 0 Å². The van der Waals surface area contributed by atoms with Crippen LogP contribution >= 0.6 is 0 Å². The van der Waals surface area contributed by atoms with Crippen LogP contribution in [-0.4, -0.2) is 30.0 Å². The van der Waals surface area contributed by atoms with Gasteiger partial charge in [-0.05, 0) is 37.6 Å². The summed E-state index contributed by atoms with van der Waals surface area (Å²) >= 11 is 0. The van der Waals surface area contributed by atoms with Gasteiger partial charge >= 0.3 is 0 Å². The first kappa shape index (κ1) is 11.6. The van der Waals surface area contributed by atoms with Gasteiger partial charge in [-0.1, -0.05) is 13.0 Å². The van der Waals surface area contributed by atoms with Crippen molar-refractivity contribution < 1.29 is 0 Å². The molecule has 16 heavy (non-hydrogen) atoms. The molecule has 88 valence electrons. The fourth-order valence-electron chi connectivity index (χ4n) is 2.26. The Morgan fingerprint density at radius 3 is 2.94 bits per heavy atom. The van der Waals surface area contributed by atoms with Gasteiger partial charge in [-0.15, -0.1) is 0 Å². The minimum absolute atomic E-state index is 0.851. The summed E-state index contributed by atoms with van der Waals surface area (Å²) in [4.78, 5) is 6.99. The van der Waals surface area contributed by atoms with E-state index in [2.05, 4.69) is 34.3 Å². The van der Waals surface area contributed by atoms with Crippen molar-refractivity contribution in [3.8, 4) is 0 Å². The minimum Gasteiger partial charge on any atom is -0.316 e. The molecule has 1 aromatic rings. The molecule has 0 aromatic carbocycles. The summed E-state index contributed by atoms with van der Waals surface area (Å²) in [6.07, 6.45) is 3.31. The summed E-state index contributed by atoms with van der Waals surface area (Å²) in [5.41, 5.74) is 2.44. The number of nitrogens with zero attached hydrogens (tertiary/aromatic N) is 2. The minimum atomic E-state index is 0.851. The first-order valence-corrected chi connectivity index (χ1v) is 6.08. The van der Waals surface area contributed by atoms with Crippen LogP contribution < -0.4 is 5.32 Å². The Bertz CT molecular complexity index is 320. The van der Waals surface area contributed by atoms with Gasteiger partial charge in [-0.25, -0.2) is 0 Å². The Labute approximate surface area is 97.9 Å². The van der Waals surface area contributed by atoms with Crippen molar-refractivity contribution in [3.63, 3.8) is 0 Å². The van der Waals surface area contributed by atoms with Crippen LogP contribution in [0, 0.1) is 5.92 Å². The van der Waals surface area contributed by atoms with Crippen LogP contribution in [0.15, 0.2) is 18.3 Å². The van der Waals surface area contributed by atoms with Crippen LogP contribution in [0.4, 0.5) is 0 Å². The number of hydrogen-bond acceptors (Lipinski definition) is 3. The van der Waals surface area contributed by atoms with E-state index in [9.17, 15) is 0 Å². The normalized spacial score (nSPS) is 21.5. The summed E-state index contributed by atoms with van der Waals surface area (Å²) in [6, 6.07) is 4.31. The Morgan fingerprint density at radius 1 is 1.50 bits per heavy atom. The third-order valence-corrected chi connectivity index (χ3v) is 3.16. The molecule has 1 aromatic heterocycles. The van der Waals surface area contributed by atoms with Gasteiger partial charge in [-0.2, -0.15) is 0 Å². The molecule has 2 rings (SSSR count). The maximum atomic E-state index is 4.50. The van der Waals surface area contributed by atoms with Gasteiger partial charge in [0.25, 0.3) is 0 Å². The van der Waals surface area contributed by atoms with Gasteiger partial charge in [0.05, 0.1) is 5.69 Å². The summed E-state index contributed by atoms with van der Waals surface area (Å²) in [5, 5.41) is 3.13. The van der Waals surface area contributed by atoms with Crippen molar-refractivity contribution in [3.05, 3.63) is 29.6 Å². The van der Waals surface area contributed by atoms with Crippen molar-refractivity contribution in [1.29, 1.82) is 0 Å². The van der Waals surface area contributed by atoms with Crippen molar-refractivity contribution in [2.75, 3.05) is 20.1 Å². The van der Waals surface area contributed by atoms with Crippen molar-refractivity contribution in [2.45, 2.75) is 26.4 Å². The zero-order valence-corrected chi connectivity index (χ0v) is 10.2.